The largest absolute Gasteiger partial charge is 0.481 e. The van der Waals surface area contributed by atoms with Crippen LogP contribution in [0.2, 0.25) is 5.02 Å². The number of carbonyl (C=O) groups excluding carboxylic acids is 3. The van der Waals surface area contributed by atoms with E-state index in [1.54, 1.807) is 45.2 Å². The third kappa shape index (κ3) is 7.48. The number of carbonyl (C=O) groups is 3. The van der Waals surface area contributed by atoms with E-state index in [0.717, 1.165) is 49.9 Å². The number of aromatic nitrogens is 1. The maximum Gasteiger partial charge on any atom is 0.266 e. The molecule has 0 radical (unpaired) electrons. The number of hydrogen-bond acceptors (Lipinski definition) is 7. The number of hydrogen-bond donors (Lipinski definition) is 2. The van der Waals surface area contributed by atoms with Crippen molar-refractivity contribution in [2.75, 3.05) is 39.6 Å². The summed E-state index contributed by atoms with van der Waals surface area (Å²) in [6, 6.07) is 10.3. The molecule has 2 N–H and O–H groups in total. The molecule has 6 rings (SSSR count). The van der Waals surface area contributed by atoms with E-state index in [1.165, 1.54) is 23.2 Å². The van der Waals surface area contributed by atoms with E-state index in [1.807, 2.05) is 39.8 Å². The Morgan fingerprint density at radius 2 is 1.87 bits per heavy atom. The van der Waals surface area contributed by atoms with Gasteiger partial charge in [-0.2, -0.15) is 0 Å². The van der Waals surface area contributed by atoms with Crippen LogP contribution in [0.3, 0.4) is 0 Å². The van der Waals surface area contributed by atoms with Gasteiger partial charge in [-0.1, -0.05) is 71.0 Å². The number of halogens is 2. The lowest BCUT2D eigenvalue weighted by atomic mass is 9.94. The second-order valence-corrected chi connectivity index (χ2v) is 14.7. The van der Waals surface area contributed by atoms with Gasteiger partial charge in [-0.25, -0.2) is 9.37 Å². The third-order valence-electron chi connectivity index (χ3n) is 10.8. The topological polar surface area (TPSA) is 107 Å². The number of rotatable bonds is 9. The van der Waals surface area contributed by atoms with Crippen LogP contribution >= 0.6 is 11.6 Å². The zero-order valence-electron chi connectivity index (χ0n) is 32.8. The van der Waals surface area contributed by atoms with E-state index in [-0.39, 0.29) is 34.5 Å². The number of methoxy groups -OCH3 is 1. The Labute approximate surface area is 323 Å². The molecule has 1 fully saturated rings. The van der Waals surface area contributed by atoms with Crippen LogP contribution < -0.4 is 15.4 Å². The lowest BCUT2D eigenvalue weighted by molar-refractivity contribution is -0.128. The van der Waals surface area contributed by atoms with Crippen molar-refractivity contribution in [2.45, 2.75) is 78.8 Å². The zero-order valence-corrected chi connectivity index (χ0v) is 33.6. The second kappa shape index (κ2) is 16.3. The molecular formula is C42H52ClFN6O4. The van der Waals surface area contributed by atoms with Crippen LogP contribution in [-0.2, 0) is 20.8 Å². The van der Waals surface area contributed by atoms with Crippen LogP contribution in [0.1, 0.15) is 76.6 Å². The van der Waals surface area contributed by atoms with Gasteiger partial charge in [0.2, 0.25) is 11.8 Å². The van der Waals surface area contributed by atoms with E-state index in [0.29, 0.717) is 44.8 Å². The Hall–Kier alpha value is -4.74. The molecule has 0 saturated carbocycles. The highest BCUT2D eigenvalue weighted by Gasteiger charge is 2.43. The predicted octanol–water partition coefficient (Wildman–Crippen LogP) is 7.86. The van der Waals surface area contributed by atoms with Gasteiger partial charge in [-0.15, -0.1) is 0 Å². The summed E-state index contributed by atoms with van der Waals surface area (Å²) in [6.45, 7) is 17.1. The summed E-state index contributed by atoms with van der Waals surface area (Å²) in [4.78, 5) is 49.1. The summed E-state index contributed by atoms with van der Waals surface area (Å²) in [5, 5.41) is 6.42. The van der Waals surface area contributed by atoms with Crippen molar-refractivity contribution in [2.24, 2.45) is 5.92 Å². The first-order valence-electron chi connectivity index (χ1n) is 18.6. The minimum atomic E-state index is -0.626. The van der Waals surface area contributed by atoms with Crippen LogP contribution in [0.15, 0.2) is 60.6 Å². The predicted molar refractivity (Wildman–Crippen MR) is 212 cm³/mol. The molecule has 10 nitrogen and oxygen atoms in total. The Morgan fingerprint density at radius 3 is 2.54 bits per heavy atom. The van der Waals surface area contributed by atoms with Gasteiger partial charge in [-0.05, 0) is 61.9 Å². The molecule has 0 bridgehead atoms. The van der Waals surface area contributed by atoms with Crippen molar-refractivity contribution in [1.29, 1.82) is 0 Å². The van der Waals surface area contributed by atoms with E-state index in [4.69, 9.17) is 21.3 Å². The quantitative estimate of drug-likeness (QED) is 0.214. The van der Waals surface area contributed by atoms with Crippen LogP contribution in [0.25, 0.3) is 22.4 Å². The molecule has 2 unspecified atom stereocenters. The monoisotopic (exact) mass is 758 g/mol. The molecule has 54 heavy (non-hydrogen) atoms. The van der Waals surface area contributed by atoms with Gasteiger partial charge in [0.05, 0.1) is 23.4 Å². The first-order chi connectivity index (χ1) is 25.7. The molecule has 1 aliphatic carbocycles. The van der Waals surface area contributed by atoms with Crippen molar-refractivity contribution in [3.63, 3.8) is 0 Å². The summed E-state index contributed by atoms with van der Waals surface area (Å²) < 4.78 is 21.6. The molecule has 2 aliphatic heterocycles. The first kappa shape index (κ1) is 40.4. The summed E-state index contributed by atoms with van der Waals surface area (Å²) in [7, 11) is 4.85. The van der Waals surface area contributed by atoms with Crippen molar-refractivity contribution in [3.05, 3.63) is 88.1 Å². The molecule has 0 spiro atoms. The van der Waals surface area contributed by atoms with Crippen molar-refractivity contribution >= 4 is 35.0 Å². The molecule has 3 aliphatic rings. The summed E-state index contributed by atoms with van der Waals surface area (Å²) >= 11 is 7.11. The Balaban J connectivity index is 0.00000276. The molecule has 2 atom stereocenters. The molecule has 1 saturated heterocycles. The Bertz CT molecular complexity index is 2010. The van der Waals surface area contributed by atoms with Gasteiger partial charge in [0.15, 0.2) is 0 Å². The number of anilines is 1. The van der Waals surface area contributed by atoms with Crippen LogP contribution in [-0.4, -0.2) is 77.2 Å². The van der Waals surface area contributed by atoms with Crippen molar-refractivity contribution < 1.29 is 23.5 Å². The highest BCUT2D eigenvalue weighted by Crippen LogP contribution is 2.47. The Kier molecular flexibility index (Phi) is 12.2. The van der Waals surface area contributed by atoms with Gasteiger partial charge in [0.25, 0.3) is 11.8 Å². The van der Waals surface area contributed by atoms with Gasteiger partial charge < -0.3 is 20.3 Å². The molecule has 1 aromatic heterocycles. The lowest BCUT2D eigenvalue weighted by Gasteiger charge is -2.32. The maximum absolute atomic E-state index is 15.7. The molecule has 3 aromatic rings. The number of nitrogens with zero attached hydrogens (tertiary/aromatic N) is 4. The molecule has 3 amide bonds. The minimum Gasteiger partial charge on any atom is -0.481 e. The zero-order chi connectivity index (χ0) is 39.6. The summed E-state index contributed by atoms with van der Waals surface area (Å²) in [5.41, 5.74) is 4.50. The van der Waals surface area contributed by atoms with E-state index < -0.39 is 17.6 Å². The normalized spacial score (nSPS) is 19.7. The van der Waals surface area contributed by atoms with Crippen molar-refractivity contribution in [3.8, 4) is 28.3 Å². The van der Waals surface area contributed by atoms with Crippen LogP contribution in [0, 0.1) is 18.7 Å². The average Bonchev–Trinajstić information content (AvgIpc) is 3.79. The molecule has 12 heteroatoms. The standard InChI is InChI=1S/C40H46ClFN6O4.C2H6/c1-9-40(45-36(49)22(2)3)17-18-48(21-40)32-16-13-25-19-31(44-38(52-8)34(25)32)26-11-10-12-27(35(26)41)33-23(4)30(15-14-29(33)42)43-37(50)28-20-46(6)24(5)47(7)39(28)51;1-2/h10-12,14-15,19-20,22,32H,5,9,13,16-18,21H2,1-4,6-8H3,(H,43,50)(H,45,49);1-2H3. The van der Waals surface area contributed by atoms with E-state index in [2.05, 4.69) is 29.0 Å². The average molecular weight is 759 g/mol. The number of pyridine rings is 1. The number of likely N-dealkylation sites (tertiary alicyclic amines) is 1. The highest BCUT2D eigenvalue weighted by atomic mass is 35.5. The number of amides is 3. The smallest absolute Gasteiger partial charge is 0.266 e. The number of ether oxygens (including phenoxy) is 1. The number of benzene rings is 2. The fourth-order valence-electron chi connectivity index (χ4n) is 7.57. The second-order valence-electron chi connectivity index (χ2n) is 14.3. The number of likely N-dealkylation sites (N-methyl/N-ethyl adjacent to an activating group) is 1. The highest BCUT2D eigenvalue weighted by molar-refractivity contribution is 6.36. The fourth-order valence-corrected chi connectivity index (χ4v) is 7.88. The van der Waals surface area contributed by atoms with Crippen LogP contribution in [0.5, 0.6) is 5.88 Å². The van der Waals surface area contributed by atoms with Crippen LogP contribution in [0.4, 0.5) is 10.1 Å². The van der Waals surface area contributed by atoms with Gasteiger partial charge in [-0.3, -0.25) is 24.2 Å². The molecular weight excluding hydrogens is 707 g/mol. The summed E-state index contributed by atoms with van der Waals surface area (Å²) in [5.74, 6) is -0.681. The third-order valence-corrected chi connectivity index (χ3v) is 11.2. The number of fused-ring (bicyclic) bond motifs is 1. The van der Waals surface area contributed by atoms with Crippen molar-refractivity contribution in [1.82, 2.24) is 25.0 Å². The maximum atomic E-state index is 15.7. The number of aryl methyl sites for hydroxylation is 1. The van der Waals surface area contributed by atoms with Gasteiger partial charge in [0, 0.05) is 73.3 Å². The molecule has 3 heterocycles. The van der Waals surface area contributed by atoms with E-state index >= 15 is 4.39 Å². The Morgan fingerprint density at radius 1 is 1.17 bits per heavy atom. The molecule has 288 valence electrons. The SMILES string of the molecule is C=C1N(C)C=C(C(=O)Nc2ccc(F)c(-c3cccc(-c4cc5c(c(OC)n4)C(N4CCC(CC)(NC(=O)C(C)C)C4)CC5)c3Cl)c2C)C(=O)N1C.CC. The molecule has 2 aromatic carbocycles. The van der Waals surface area contributed by atoms with E-state index in [9.17, 15) is 14.4 Å². The number of nitrogens with one attached hydrogen (secondary N) is 2. The van der Waals surface area contributed by atoms with Gasteiger partial charge >= 0.3 is 0 Å². The first-order valence-corrected chi connectivity index (χ1v) is 19.0. The summed E-state index contributed by atoms with van der Waals surface area (Å²) in [6.07, 6.45) is 4.88. The minimum absolute atomic E-state index is 0.0751. The lowest BCUT2D eigenvalue weighted by Crippen LogP contribution is -2.51. The fraction of sp³-hybridized carbons (Fsp3) is 0.429. The van der Waals surface area contributed by atoms with Gasteiger partial charge in [0.1, 0.15) is 17.2 Å².